The van der Waals surface area contributed by atoms with E-state index >= 15 is 0 Å². The summed E-state index contributed by atoms with van der Waals surface area (Å²) in [5.41, 5.74) is 2.90. The lowest BCUT2D eigenvalue weighted by molar-refractivity contribution is -0.117. The van der Waals surface area contributed by atoms with Crippen molar-refractivity contribution in [3.05, 3.63) is 59.9 Å². The number of rotatable bonds is 5. The molecule has 0 saturated carbocycles. The topological polar surface area (TPSA) is 54.0 Å². The molecule has 21 heavy (non-hydrogen) atoms. The number of amides is 1. The van der Waals surface area contributed by atoms with E-state index in [1.165, 1.54) is 5.56 Å². The van der Waals surface area contributed by atoms with E-state index in [2.05, 4.69) is 15.6 Å². The molecule has 0 fully saturated rings. The Labute approximate surface area is 125 Å². The zero-order chi connectivity index (χ0) is 15.2. The lowest BCUT2D eigenvalue weighted by Crippen LogP contribution is -2.39. The largest absolute Gasteiger partial charge is 0.325 e. The highest BCUT2D eigenvalue weighted by atomic mass is 16.2. The van der Waals surface area contributed by atoms with E-state index in [1.54, 1.807) is 6.20 Å². The van der Waals surface area contributed by atoms with Gasteiger partial charge in [-0.25, -0.2) is 0 Å². The standard InChI is InChI=1S/C17H21N3O/c1-12-7-9-15(10-8-12)20-17(21)14(3)19-13(2)16-6-4-5-11-18-16/h4-11,13-14,19H,1-3H3,(H,20,21)/t13-,14?/m0/s1. The summed E-state index contributed by atoms with van der Waals surface area (Å²) in [6, 6.07) is 13.2. The van der Waals surface area contributed by atoms with Gasteiger partial charge in [-0.05, 0) is 45.0 Å². The van der Waals surface area contributed by atoms with E-state index in [0.717, 1.165) is 11.4 Å². The highest BCUT2D eigenvalue weighted by Crippen LogP contribution is 2.11. The first-order valence-corrected chi connectivity index (χ1v) is 7.11. The Morgan fingerprint density at radius 2 is 1.81 bits per heavy atom. The zero-order valence-corrected chi connectivity index (χ0v) is 12.6. The van der Waals surface area contributed by atoms with Gasteiger partial charge in [-0.3, -0.25) is 15.1 Å². The fourth-order valence-corrected chi connectivity index (χ4v) is 2.06. The molecule has 2 rings (SSSR count). The molecule has 0 bridgehead atoms. The normalized spacial score (nSPS) is 13.5. The number of aryl methyl sites for hydroxylation is 1. The lowest BCUT2D eigenvalue weighted by atomic mass is 10.1. The van der Waals surface area contributed by atoms with E-state index in [0.29, 0.717) is 0 Å². The SMILES string of the molecule is Cc1ccc(NC(=O)C(C)N[C@@H](C)c2ccccn2)cc1. The van der Waals surface area contributed by atoms with Crippen molar-refractivity contribution in [3.8, 4) is 0 Å². The van der Waals surface area contributed by atoms with E-state index in [9.17, 15) is 4.79 Å². The van der Waals surface area contributed by atoms with Crippen LogP contribution in [0.3, 0.4) is 0 Å². The maximum absolute atomic E-state index is 12.2. The Morgan fingerprint density at radius 3 is 2.43 bits per heavy atom. The van der Waals surface area contributed by atoms with Gasteiger partial charge in [0.05, 0.1) is 11.7 Å². The van der Waals surface area contributed by atoms with Gasteiger partial charge in [0.15, 0.2) is 0 Å². The summed E-state index contributed by atoms with van der Waals surface area (Å²) in [7, 11) is 0. The van der Waals surface area contributed by atoms with Gasteiger partial charge < -0.3 is 5.32 Å². The molecule has 2 N–H and O–H groups in total. The van der Waals surface area contributed by atoms with Crippen LogP contribution in [0.4, 0.5) is 5.69 Å². The lowest BCUT2D eigenvalue weighted by Gasteiger charge is -2.19. The predicted octanol–water partition coefficient (Wildman–Crippen LogP) is 3.07. The monoisotopic (exact) mass is 283 g/mol. The first-order chi connectivity index (χ1) is 10.1. The number of benzene rings is 1. The first kappa shape index (κ1) is 15.2. The number of hydrogen-bond donors (Lipinski definition) is 2. The summed E-state index contributed by atoms with van der Waals surface area (Å²) in [6.07, 6.45) is 1.75. The maximum atomic E-state index is 12.2. The number of anilines is 1. The van der Waals surface area contributed by atoms with Crippen LogP contribution in [-0.4, -0.2) is 16.9 Å². The second kappa shape index (κ2) is 6.99. The zero-order valence-electron chi connectivity index (χ0n) is 12.6. The van der Waals surface area contributed by atoms with Gasteiger partial charge in [0.25, 0.3) is 0 Å². The van der Waals surface area contributed by atoms with E-state index in [4.69, 9.17) is 0 Å². The van der Waals surface area contributed by atoms with Gasteiger partial charge in [-0.2, -0.15) is 0 Å². The number of hydrogen-bond acceptors (Lipinski definition) is 3. The minimum absolute atomic E-state index is 0.0185. The number of pyridine rings is 1. The van der Waals surface area contributed by atoms with Crippen LogP contribution in [0, 0.1) is 6.92 Å². The van der Waals surface area contributed by atoms with Gasteiger partial charge in [0, 0.05) is 17.9 Å². The fraction of sp³-hybridized carbons (Fsp3) is 0.294. The first-order valence-electron chi connectivity index (χ1n) is 7.11. The Hall–Kier alpha value is -2.20. The molecule has 1 amide bonds. The second-order valence-electron chi connectivity index (χ2n) is 5.22. The number of carbonyl (C=O) groups is 1. The van der Waals surface area contributed by atoms with Gasteiger partial charge in [0.2, 0.25) is 5.91 Å². The highest BCUT2D eigenvalue weighted by Gasteiger charge is 2.16. The van der Waals surface area contributed by atoms with Crippen LogP contribution in [0.2, 0.25) is 0 Å². The third kappa shape index (κ3) is 4.39. The third-order valence-electron chi connectivity index (χ3n) is 3.34. The number of carbonyl (C=O) groups excluding carboxylic acids is 1. The van der Waals surface area contributed by atoms with Gasteiger partial charge in [-0.15, -0.1) is 0 Å². The molecule has 1 unspecified atom stereocenters. The summed E-state index contributed by atoms with van der Waals surface area (Å²) >= 11 is 0. The molecule has 1 aromatic carbocycles. The molecule has 1 aromatic heterocycles. The molecule has 110 valence electrons. The molecule has 4 heteroatoms. The van der Waals surface area contributed by atoms with Crippen molar-refractivity contribution in [1.82, 2.24) is 10.3 Å². The second-order valence-corrected chi connectivity index (χ2v) is 5.22. The summed E-state index contributed by atoms with van der Waals surface area (Å²) in [5, 5.41) is 6.16. The van der Waals surface area contributed by atoms with Crippen molar-refractivity contribution in [1.29, 1.82) is 0 Å². The minimum Gasteiger partial charge on any atom is -0.325 e. The average Bonchev–Trinajstić information content (AvgIpc) is 2.50. The van der Waals surface area contributed by atoms with Crippen LogP contribution in [0.1, 0.15) is 31.1 Å². The van der Waals surface area contributed by atoms with Crippen LogP contribution in [0.25, 0.3) is 0 Å². The van der Waals surface area contributed by atoms with Crippen LogP contribution in [0.5, 0.6) is 0 Å². The molecule has 4 nitrogen and oxygen atoms in total. The van der Waals surface area contributed by atoms with Crippen molar-refractivity contribution < 1.29 is 4.79 Å². The molecule has 0 saturated heterocycles. The maximum Gasteiger partial charge on any atom is 0.241 e. The molecule has 0 radical (unpaired) electrons. The van der Waals surface area contributed by atoms with E-state index in [-0.39, 0.29) is 18.0 Å². The molecular formula is C17H21N3O. The average molecular weight is 283 g/mol. The molecule has 1 heterocycles. The van der Waals surface area contributed by atoms with Crippen molar-refractivity contribution in [2.45, 2.75) is 32.9 Å². The van der Waals surface area contributed by atoms with Crippen molar-refractivity contribution >= 4 is 11.6 Å². The van der Waals surface area contributed by atoms with Crippen LogP contribution in [0.15, 0.2) is 48.7 Å². The van der Waals surface area contributed by atoms with Crippen molar-refractivity contribution in [3.63, 3.8) is 0 Å². The van der Waals surface area contributed by atoms with E-state index in [1.807, 2.05) is 63.2 Å². The fourth-order valence-electron chi connectivity index (χ4n) is 2.06. The molecule has 2 aromatic rings. The summed E-state index contributed by atoms with van der Waals surface area (Å²) in [5.74, 6) is -0.0540. The van der Waals surface area contributed by atoms with Crippen molar-refractivity contribution in [2.75, 3.05) is 5.32 Å². The van der Waals surface area contributed by atoms with E-state index < -0.39 is 0 Å². The molecule has 0 aliphatic carbocycles. The Kier molecular flexibility index (Phi) is 5.06. The summed E-state index contributed by atoms with van der Waals surface area (Å²) in [4.78, 5) is 16.5. The summed E-state index contributed by atoms with van der Waals surface area (Å²) in [6.45, 7) is 5.87. The van der Waals surface area contributed by atoms with Gasteiger partial charge in [-0.1, -0.05) is 23.8 Å². The predicted molar refractivity (Wildman–Crippen MR) is 85.1 cm³/mol. The van der Waals surface area contributed by atoms with Crippen LogP contribution < -0.4 is 10.6 Å². The number of nitrogens with one attached hydrogen (secondary N) is 2. The smallest absolute Gasteiger partial charge is 0.241 e. The quantitative estimate of drug-likeness (QED) is 0.886. The Balaban J connectivity index is 1.92. The molecule has 0 aliphatic heterocycles. The van der Waals surface area contributed by atoms with Crippen LogP contribution >= 0.6 is 0 Å². The molecule has 0 spiro atoms. The summed E-state index contributed by atoms with van der Waals surface area (Å²) < 4.78 is 0. The van der Waals surface area contributed by atoms with Crippen LogP contribution in [-0.2, 0) is 4.79 Å². The number of aromatic nitrogens is 1. The van der Waals surface area contributed by atoms with Crippen molar-refractivity contribution in [2.24, 2.45) is 0 Å². The molecular weight excluding hydrogens is 262 g/mol. The van der Waals surface area contributed by atoms with Gasteiger partial charge >= 0.3 is 0 Å². The molecule has 2 atom stereocenters. The Morgan fingerprint density at radius 1 is 1.10 bits per heavy atom. The van der Waals surface area contributed by atoms with Gasteiger partial charge in [0.1, 0.15) is 0 Å². The Bertz CT molecular complexity index is 581. The minimum atomic E-state index is -0.302. The molecule has 0 aliphatic rings. The third-order valence-corrected chi connectivity index (χ3v) is 3.34. The highest BCUT2D eigenvalue weighted by molar-refractivity contribution is 5.94. The number of nitrogens with zero attached hydrogens (tertiary/aromatic N) is 1.